The van der Waals surface area contributed by atoms with Crippen LogP contribution >= 0.6 is 0 Å². The molecule has 8 heteroatoms. The van der Waals surface area contributed by atoms with Gasteiger partial charge in [-0.25, -0.2) is 9.78 Å². The number of carboxylic acid groups (broad SMARTS) is 1. The zero-order valence-electron chi connectivity index (χ0n) is 15.8. The molecule has 2 aromatic carbocycles. The summed E-state index contributed by atoms with van der Waals surface area (Å²) in [5, 5.41) is 20.5. The largest absolute Gasteiger partial charge is 0.506 e. The van der Waals surface area contributed by atoms with Crippen molar-refractivity contribution in [2.75, 3.05) is 0 Å². The topological polar surface area (TPSA) is 107 Å². The van der Waals surface area contributed by atoms with Crippen molar-refractivity contribution in [1.29, 1.82) is 0 Å². The number of aromatic nitrogens is 2. The van der Waals surface area contributed by atoms with Gasteiger partial charge in [0, 0.05) is 17.5 Å². The lowest BCUT2D eigenvalue weighted by molar-refractivity contribution is -0.384. The van der Waals surface area contributed by atoms with E-state index in [0.717, 1.165) is 11.0 Å². The second kappa shape index (κ2) is 6.95. The van der Waals surface area contributed by atoms with Gasteiger partial charge < -0.3 is 14.4 Å². The molecule has 1 heterocycles. The predicted octanol–water partition coefficient (Wildman–Crippen LogP) is 4.58. The number of para-hydroxylation sites is 2. The molecule has 3 rings (SSSR count). The summed E-state index contributed by atoms with van der Waals surface area (Å²) >= 11 is 0. The number of fused-ring (bicyclic) bond motifs is 1. The summed E-state index contributed by atoms with van der Waals surface area (Å²) in [6.07, 6.45) is 0.222. The van der Waals surface area contributed by atoms with Crippen LogP contribution in [0.4, 0.5) is 10.5 Å². The Bertz CT molecular complexity index is 1020. The van der Waals surface area contributed by atoms with Gasteiger partial charge in [-0.3, -0.25) is 10.1 Å². The van der Waals surface area contributed by atoms with Crippen LogP contribution in [-0.2, 0) is 16.9 Å². The van der Waals surface area contributed by atoms with Crippen molar-refractivity contribution in [3.63, 3.8) is 0 Å². The zero-order chi connectivity index (χ0) is 20.5. The highest BCUT2D eigenvalue weighted by Crippen LogP contribution is 2.45. The van der Waals surface area contributed by atoms with Gasteiger partial charge in [-0.1, -0.05) is 32.9 Å². The smallest absolute Gasteiger partial charge is 0.450 e. The monoisotopic (exact) mass is 383 g/mol. The van der Waals surface area contributed by atoms with Crippen LogP contribution in [0.5, 0.6) is 0 Å². The van der Waals surface area contributed by atoms with Gasteiger partial charge in [0.15, 0.2) is 5.60 Å². The van der Waals surface area contributed by atoms with E-state index >= 15 is 0 Å². The first-order valence-electron chi connectivity index (χ1n) is 8.71. The average molecular weight is 383 g/mol. The molecule has 3 aromatic rings. The van der Waals surface area contributed by atoms with Gasteiger partial charge in [0.2, 0.25) is 0 Å². The minimum Gasteiger partial charge on any atom is -0.450 e. The SMILES string of the molecule is CC(C)(C)[C@](Cn1cnc2ccccc21)(OC(=O)O)c1ccc([N+](=O)[O-])cc1. The van der Waals surface area contributed by atoms with Gasteiger partial charge in [-0.05, 0) is 29.8 Å². The Morgan fingerprint density at radius 2 is 1.82 bits per heavy atom. The number of ether oxygens (including phenoxy) is 1. The van der Waals surface area contributed by atoms with Crippen molar-refractivity contribution in [3.05, 3.63) is 70.5 Å². The zero-order valence-corrected chi connectivity index (χ0v) is 15.8. The van der Waals surface area contributed by atoms with Crippen molar-refractivity contribution in [2.45, 2.75) is 32.9 Å². The van der Waals surface area contributed by atoms with Crippen LogP contribution in [-0.4, -0.2) is 25.7 Å². The van der Waals surface area contributed by atoms with Gasteiger partial charge in [0.25, 0.3) is 5.69 Å². The second-order valence-electron chi connectivity index (χ2n) is 7.61. The Labute approximate surface area is 161 Å². The standard InChI is InChI=1S/C20H21N3O5/c1-19(2,3)20(28-18(24)25,14-8-10-15(11-9-14)23(26)27)12-22-13-21-16-6-4-5-7-17(16)22/h4-11,13H,12H2,1-3H3,(H,24,25)/t20-/m1/s1. The van der Waals surface area contributed by atoms with Crippen LogP contribution < -0.4 is 0 Å². The maximum atomic E-state index is 11.6. The molecule has 146 valence electrons. The van der Waals surface area contributed by atoms with E-state index in [2.05, 4.69) is 4.98 Å². The van der Waals surface area contributed by atoms with Crippen LogP contribution in [0.25, 0.3) is 11.0 Å². The molecule has 0 spiro atoms. The van der Waals surface area contributed by atoms with Crippen molar-refractivity contribution in [2.24, 2.45) is 5.41 Å². The molecule has 0 saturated carbocycles. The first-order valence-corrected chi connectivity index (χ1v) is 8.71. The number of nitrogens with zero attached hydrogens (tertiary/aromatic N) is 3. The molecule has 0 saturated heterocycles. The summed E-state index contributed by atoms with van der Waals surface area (Å²) in [5.74, 6) is 0. The van der Waals surface area contributed by atoms with Gasteiger partial charge in [-0.15, -0.1) is 0 Å². The maximum absolute atomic E-state index is 11.6. The molecule has 1 aromatic heterocycles. The number of non-ortho nitro benzene ring substituents is 1. The lowest BCUT2D eigenvalue weighted by atomic mass is 9.71. The van der Waals surface area contributed by atoms with Gasteiger partial charge in [0.05, 0.1) is 28.8 Å². The number of hydrogen-bond acceptors (Lipinski definition) is 5. The number of hydrogen-bond donors (Lipinski definition) is 1. The molecule has 28 heavy (non-hydrogen) atoms. The minimum atomic E-state index is -1.42. The summed E-state index contributed by atoms with van der Waals surface area (Å²) in [5.41, 5.74) is 0.127. The number of rotatable bonds is 5. The van der Waals surface area contributed by atoms with Crippen LogP contribution in [0, 0.1) is 15.5 Å². The van der Waals surface area contributed by atoms with E-state index in [4.69, 9.17) is 4.74 Å². The Morgan fingerprint density at radius 1 is 1.18 bits per heavy atom. The molecule has 0 aliphatic heterocycles. The molecule has 0 amide bonds. The Kier molecular flexibility index (Phi) is 4.80. The quantitative estimate of drug-likeness (QED) is 0.392. The average Bonchev–Trinajstić information content (AvgIpc) is 3.03. The van der Waals surface area contributed by atoms with Crippen LogP contribution in [0.1, 0.15) is 26.3 Å². The molecule has 0 radical (unpaired) electrons. The summed E-state index contributed by atoms with van der Waals surface area (Å²) in [4.78, 5) is 26.5. The van der Waals surface area contributed by atoms with Crippen molar-refractivity contribution in [1.82, 2.24) is 9.55 Å². The lowest BCUT2D eigenvalue weighted by Crippen LogP contribution is -2.47. The fourth-order valence-corrected chi connectivity index (χ4v) is 3.38. The van der Waals surface area contributed by atoms with Gasteiger partial charge >= 0.3 is 6.16 Å². The fourth-order valence-electron chi connectivity index (χ4n) is 3.38. The third kappa shape index (κ3) is 3.40. The van der Waals surface area contributed by atoms with Crippen LogP contribution in [0.15, 0.2) is 54.9 Å². The second-order valence-corrected chi connectivity index (χ2v) is 7.61. The molecule has 0 aliphatic rings. The van der Waals surface area contributed by atoms with E-state index in [-0.39, 0.29) is 12.2 Å². The molecule has 0 fully saturated rings. The van der Waals surface area contributed by atoms with Crippen LogP contribution in [0.3, 0.4) is 0 Å². The maximum Gasteiger partial charge on any atom is 0.506 e. The molecule has 1 N–H and O–H groups in total. The third-order valence-corrected chi connectivity index (χ3v) is 4.94. The predicted molar refractivity (Wildman–Crippen MR) is 103 cm³/mol. The number of nitro groups is 1. The molecule has 0 bridgehead atoms. The molecule has 0 unspecified atom stereocenters. The molecule has 1 atom stereocenters. The first-order chi connectivity index (χ1) is 13.1. The number of imidazole rings is 1. The molecular weight excluding hydrogens is 362 g/mol. The minimum absolute atomic E-state index is 0.0741. The third-order valence-electron chi connectivity index (χ3n) is 4.94. The summed E-state index contributed by atoms with van der Waals surface area (Å²) in [7, 11) is 0. The summed E-state index contributed by atoms with van der Waals surface area (Å²) < 4.78 is 7.35. The lowest BCUT2D eigenvalue weighted by Gasteiger charge is -2.43. The fraction of sp³-hybridized carbons (Fsp3) is 0.300. The number of carbonyl (C=O) groups is 1. The van der Waals surface area contributed by atoms with Gasteiger partial charge in [-0.2, -0.15) is 0 Å². The Hall–Kier alpha value is -3.42. The van der Waals surface area contributed by atoms with E-state index in [0.29, 0.717) is 5.56 Å². The molecule has 0 aliphatic carbocycles. The highest BCUT2D eigenvalue weighted by molar-refractivity contribution is 5.75. The molecular formula is C20H21N3O5. The van der Waals surface area contributed by atoms with Crippen molar-refractivity contribution >= 4 is 22.9 Å². The normalized spacial score (nSPS) is 13.8. The van der Waals surface area contributed by atoms with Crippen LogP contribution in [0.2, 0.25) is 0 Å². The van der Waals surface area contributed by atoms with Crippen molar-refractivity contribution < 1.29 is 19.6 Å². The van der Waals surface area contributed by atoms with E-state index < -0.39 is 22.1 Å². The van der Waals surface area contributed by atoms with E-state index in [1.54, 1.807) is 18.5 Å². The summed E-state index contributed by atoms with van der Waals surface area (Å²) in [6.45, 7) is 5.78. The Balaban J connectivity index is 2.17. The van der Waals surface area contributed by atoms with Gasteiger partial charge in [0.1, 0.15) is 0 Å². The highest BCUT2D eigenvalue weighted by atomic mass is 16.7. The van der Waals surface area contributed by atoms with E-state index in [1.165, 1.54) is 12.1 Å². The highest BCUT2D eigenvalue weighted by Gasteiger charge is 2.48. The first kappa shape index (κ1) is 19.3. The number of benzene rings is 2. The van der Waals surface area contributed by atoms with E-state index in [9.17, 15) is 20.0 Å². The van der Waals surface area contributed by atoms with E-state index in [1.807, 2.05) is 49.6 Å². The Morgan fingerprint density at radius 3 is 2.39 bits per heavy atom. The molecule has 8 nitrogen and oxygen atoms in total. The van der Waals surface area contributed by atoms with Crippen molar-refractivity contribution in [3.8, 4) is 0 Å². The summed E-state index contributed by atoms with van der Waals surface area (Å²) in [6, 6.07) is 13.3. The number of nitro benzene ring substituents is 1.